The van der Waals surface area contributed by atoms with Crippen LogP contribution < -0.4 is 10.2 Å². The lowest BCUT2D eigenvalue weighted by Gasteiger charge is -2.09. The first-order valence-electron chi connectivity index (χ1n) is 5.67. The smallest absolute Gasteiger partial charge is 0.127 e. The summed E-state index contributed by atoms with van der Waals surface area (Å²) in [7, 11) is 5.85. The molecule has 0 amide bonds. The minimum Gasteiger partial charge on any atom is -0.457 e. The van der Waals surface area contributed by atoms with E-state index in [0.717, 1.165) is 22.5 Å². The van der Waals surface area contributed by atoms with Crippen molar-refractivity contribution in [2.75, 3.05) is 0 Å². The zero-order valence-corrected chi connectivity index (χ0v) is 10.4. The molecule has 0 aliphatic heterocycles. The molecule has 0 heterocycles. The zero-order valence-electron chi connectivity index (χ0n) is 10.4. The highest BCUT2D eigenvalue weighted by molar-refractivity contribution is 6.33. The van der Waals surface area contributed by atoms with Crippen molar-refractivity contribution in [1.29, 1.82) is 0 Å². The number of benzene rings is 2. The maximum Gasteiger partial charge on any atom is 0.127 e. The van der Waals surface area contributed by atoms with E-state index in [9.17, 15) is 0 Å². The van der Waals surface area contributed by atoms with Crippen LogP contribution in [0.3, 0.4) is 0 Å². The molecule has 2 aromatic rings. The van der Waals surface area contributed by atoms with Crippen LogP contribution in [0.15, 0.2) is 36.4 Å². The van der Waals surface area contributed by atoms with Crippen LogP contribution in [-0.2, 0) is 0 Å². The Morgan fingerprint density at radius 1 is 0.765 bits per heavy atom. The van der Waals surface area contributed by atoms with Crippen LogP contribution in [0.25, 0.3) is 0 Å². The van der Waals surface area contributed by atoms with Gasteiger partial charge in [-0.15, -0.1) is 0 Å². The van der Waals surface area contributed by atoms with Crippen LogP contribution in [0, 0.1) is 20.8 Å². The Morgan fingerprint density at radius 2 is 1.35 bits per heavy atom. The van der Waals surface area contributed by atoms with Gasteiger partial charge in [0.05, 0.1) is 0 Å². The highest BCUT2D eigenvalue weighted by Crippen LogP contribution is 2.23. The largest absolute Gasteiger partial charge is 0.457 e. The molecule has 17 heavy (non-hydrogen) atoms. The predicted molar refractivity (Wildman–Crippen MR) is 72.6 cm³/mol. The number of hydrogen-bond acceptors (Lipinski definition) is 1. The second-order valence-electron chi connectivity index (χ2n) is 4.37. The van der Waals surface area contributed by atoms with E-state index in [1.807, 2.05) is 37.3 Å². The molecule has 2 heteroatoms. The van der Waals surface area contributed by atoms with Crippen molar-refractivity contribution in [3.63, 3.8) is 0 Å². The van der Waals surface area contributed by atoms with Gasteiger partial charge in [-0.05, 0) is 56.2 Å². The van der Waals surface area contributed by atoms with Crippen molar-refractivity contribution < 1.29 is 4.74 Å². The highest BCUT2D eigenvalue weighted by Gasteiger charge is 2.00. The van der Waals surface area contributed by atoms with Crippen LogP contribution >= 0.6 is 0 Å². The predicted octanol–water partition coefficient (Wildman–Crippen LogP) is 3.20. The zero-order chi connectivity index (χ0) is 12.4. The average molecular weight is 222 g/mol. The second kappa shape index (κ2) is 4.66. The number of aryl methyl sites for hydroxylation is 3. The molecule has 0 spiro atoms. The molecular weight excluding hydrogens is 207 g/mol. The standard InChI is InChI=1S/C15H15BO/c1-10-4-6-13(8-12(10)3)17-14-7-5-11(2)15(16)9-14/h4-9H,1-3H3. The molecule has 2 rings (SSSR count). The molecule has 84 valence electrons. The summed E-state index contributed by atoms with van der Waals surface area (Å²) in [6, 6.07) is 11.8. The minimum atomic E-state index is 0.756. The van der Waals surface area contributed by atoms with E-state index in [1.54, 1.807) is 0 Å². The highest BCUT2D eigenvalue weighted by atomic mass is 16.5. The van der Waals surface area contributed by atoms with Gasteiger partial charge in [-0.25, -0.2) is 0 Å². The lowest BCUT2D eigenvalue weighted by molar-refractivity contribution is 0.482. The lowest BCUT2D eigenvalue weighted by atomic mass is 9.91. The summed E-state index contributed by atoms with van der Waals surface area (Å²) in [5.74, 6) is 1.62. The first-order chi connectivity index (χ1) is 8.06. The van der Waals surface area contributed by atoms with Gasteiger partial charge in [0.25, 0.3) is 0 Å². The van der Waals surface area contributed by atoms with E-state index in [-0.39, 0.29) is 0 Å². The summed E-state index contributed by atoms with van der Waals surface area (Å²) in [5, 5.41) is 0. The van der Waals surface area contributed by atoms with Crippen molar-refractivity contribution in [2.45, 2.75) is 20.8 Å². The van der Waals surface area contributed by atoms with E-state index < -0.39 is 0 Å². The molecule has 0 aliphatic rings. The van der Waals surface area contributed by atoms with Gasteiger partial charge in [0, 0.05) is 0 Å². The van der Waals surface area contributed by atoms with Gasteiger partial charge < -0.3 is 4.74 Å². The van der Waals surface area contributed by atoms with Gasteiger partial charge in [-0.1, -0.05) is 23.2 Å². The molecule has 0 aliphatic carbocycles. The monoisotopic (exact) mass is 222 g/mol. The number of hydrogen-bond donors (Lipinski definition) is 0. The molecule has 0 N–H and O–H groups in total. The molecule has 0 unspecified atom stereocenters. The maximum absolute atomic E-state index is 5.85. The fourth-order valence-electron chi connectivity index (χ4n) is 1.60. The molecule has 0 bridgehead atoms. The summed E-state index contributed by atoms with van der Waals surface area (Å²) < 4.78 is 5.77. The fourth-order valence-corrected chi connectivity index (χ4v) is 1.60. The molecule has 2 radical (unpaired) electrons. The van der Waals surface area contributed by atoms with E-state index >= 15 is 0 Å². The fraction of sp³-hybridized carbons (Fsp3) is 0.200. The third-order valence-corrected chi connectivity index (χ3v) is 2.96. The van der Waals surface area contributed by atoms with E-state index in [0.29, 0.717) is 0 Å². The van der Waals surface area contributed by atoms with Crippen molar-refractivity contribution in [3.05, 3.63) is 53.1 Å². The average Bonchev–Trinajstić information content (AvgIpc) is 2.29. The molecule has 2 aromatic carbocycles. The van der Waals surface area contributed by atoms with Crippen LogP contribution in [0.1, 0.15) is 16.7 Å². The molecule has 0 saturated heterocycles. The maximum atomic E-state index is 5.85. The van der Waals surface area contributed by atoms with Gasteiger partial charge in [0.2, 0.25) is 0 Å². The number of ether oxygens (including phenoxy) is 1. The summed E-state index contributed by atoms with van der Waals surface area (Å²) in [6.45, 7) is 6.14. The van der Waals surface area contributed by atoms with Crippen LogP contribution in [0.4, 0.5) is 0 Å². The van der Waals surface area contributed by atoms with Gasteiger partial charge in [-0.2, -0.15) is 0 Å². The topological polar surface area (TPSA) is 9.23 Å². The van der Waals surface area contributed by atoms with E-state index in [2.05, 4.69) is 19.9 Å². The third kappa shape index (κ3) is 2.70. The van der Waals surface area contributed by atoms with Gasteiger partial charge in [-0.3, -0.25) is 0 Å². The van der Waals surface area contributed by atoms with Crippen LogP contribution in [0.5, 0.6) is 11.5 Å². The van der Waals surface area contributed by atoms with Crippen molar-refractivity contribution in [2.24, 2.45) is 0 Å². The minimum absolute atomic E-state index is 0.756. The number of rotatable bonds is 2. The van der Waals surface area contributed by atoms with Gasteiger partial charge in [0.15, 0.2) is 0 Å². The molecule has 1 nitrogen and oxygen atoms in total. The van der Waals surface area contributed by atoms with E-state index in [1.165, 1.54) is 11.1 Å². The molecule has 0 fully saturated rings. The molecule has 0 saturated carbocycles. The Bertz CT molecular complexity index is 497. The lowest BCUT2D eigenvalue weighted by Crippen LogP contribution is -2.06. The summed E-state index contributed by atoms with van der Waals surface area (Å²) >= 11 is 0. The van der Waals surface area contributed by atoms with Crippen LogP contribution in [0.2, 0.25) is 0 Å². The van der Waals surface area contributed by atoms with Crippen molar-refractivity contribution in [3.8, 4) is 11.5 Å². The quantitative estimate of drug-likeness (QED) is 0.709. The Kier molecular flexibility index (Phi) is 3.23. The second-order valence-corrected chi connectivity index (χ2v) is 4.37. The van der Waals surface area contributed by atoms with E-state index in [4.69, 9.17) is 12.6 Å². The Hall–Kier alpha value is -1.70. The van der Waals surface area contributed by atoms with Crippen LogP contribution in [-0.4, -0.2) is 7.85 Å². The van der Waals surface area contributed by atoms with Gasteiger partial charge >= 0.3 is 0 Å². The molecule has 0 atom stereocenters. The molecule has 0 aromatic heterocycles. The summed E-state index contributed by atoms with van der Waals surface area (Å²) in [6.07, 6.45) is 0. The first kappa shape index (κ1) is 11.8. The Balaban J connectivity index is 2.25. The van der Waals surface area contributed by atoms with Crippen molar-refractivity contribution >= 4 is 13.3 Å². The van der Waals surface area contributed by atoms with Crippen molar-refractivity contribution in [1.82, 2.24) is 0 Å². The summed E-state index contributed by atoms with van der Waals surface area (Å²) in [5.41, 5.74) is 4.31. The summed E-state index contributed by atoms with van der Waals surface area (Å²) in [4.78, 5) is 0. The Morgan fingerprint density at radius 3 is 1.94 bits per heavy atom. The first-order valence-corrected chi connectivity index (χ1v) is 5.67. The van der Waals surface area contributed by atoms with Gasteiger partial charge in [0.1, 0.15) is 19.3 Å². The third-order valence-electron chi connectivity index (χ3n) is 2.96. The normalized spacial score (nSPS) is 10.3. The SMILES string of the molecule is [B]c1cc(Oc2ccc(C)c(C)c2)ccc1C. The molecular formula is C15H15BO. The Labute approximate surface area is 104 Å².